The summed E-state index contributed by atoms with van der Waals surface area (Å²) in [6.45, 7) is 3.15. The summed E-state index contributed by atoms with van der Waals surface area (Å²) < 4.78 is 0. The highest BCUT2D eigenvalue weighted by molar-refractivity contribution is 5.85. The van der Waals surface area contributed by atoms with Gasteiger partial charge in [0.1, 0.15) is 0 Å². The zero-order chi connectivity index (χ0) is 16.6. The second kappa shape index (κ2) is 8.16. The quantitative estimate of drug-likeness (QED) is 0.807. The predicted molar refractivity (Wildman–Crippen MR) is 102 cm³/mol. The van der Waals surface area contributed by atoms with Gasteiger partial charge in [0.15, 0.2) is 0 Å². The molecule has 0 spiro atoms. The van der Waals surface area contributed by atoms with Crippen LogP contribution in [0.4, 0.5) is 0 Å². The minimum atomic E-state index is 0.366. The van der Waals surface area contributed by atoms with Crippen LogP contribution in [0.5, 0.6) is 0 Å². The van der Waals surface area contributed by atoms with Crippen LogP contribution in [0.3, 0.4) is 0 Å². The molecular weight excluding hydrogens is 294 g/mol. The van der Waals surface area contributed by atoms with E-state index in [0.717, 1.165) is 26.2 Å². The molecule has 2 aromatic rings. The number of rotatable bonds is 6. The van der Waals surface area contributed by atoms with Crippen molar-refractivity contribution < 1.29 is 0 Å². The maximum atomic E-state index is 10.3. The van der Waals surface area contributed by atoms with E-state index in [0.29, 0.717) is 5.96 Å². The fraction of sp³-hybridized carbons (Fsp3) is 0.190. The SMILES string of the molecule is [N-]=C1N(C/C=C/c2ccccc2)CCN1C/C=C/c1ccccc1. The van der Waals surface area contributed by atoms with E-state index in [1.54, 1.807) is 0 Å². The highest BCUT2D eigenvalue weighted by atomic mass is 15.4. The Balaban J connectivity index is 1.48. The molecule has 2 aromatic carbocycles. The second-order valence-corrected chi connectivity index (χ2v) is 5.82. The number of hydrogen-bond acceptors (Lipinski definition) is 0. The summed E-state index contributed by atoms with van der Waals surface area (Å²) in [6, 6.07) is 20.4. The molecule has 3 nitrogen and oxygen atoms in total. The normalized spacial score (nSPS) is 15.1. The van der Waals surface area contributed by atoms with Crippen LogP contribution in [-0.2, 0) is 0 Å². The van der Waals surface area contributed by atoms with Crippen LogP contribution >= 0.6 is 0 Å². The van der Waals surface area contributed by atoms with Crippen molar-refractivity contribution in [1.82, 2.24) is 9.80 Å². The monoisotopic (exact) mass is 316 g/mol. The van der Waals surface area contributed by atoms with Gasteiger partial charge in [-0.05, 0) is 37.3 Å². The molecule has 0 aliphatic carbocycles. The summed E-state index contributed by atoms with van der Waals surface area (Å²) >= 11 is 0. The molecule has 24 heavy (non-hydrogen) atoms. The van der Waals surface area contributed by atoms with Crippen molar-refractivity contribution in [1.29, 1.82) is 0 Å². The van der Waals surface area contributed by atoms with Crippen LogP contribution in [0.1, 0.15) is 11.1 Å². The van der Waals surface area contributed by atoms with Gasteiger partial charge in [0.25, 0.3) is 0 Å². The van der Waals surface area contributed by atoms with Crippen LogP contribution in [0, 0.1) is 0 Å². The van der Waals surface area contributed by atoms with Crippen LogP contribution in [0.15, 0.2) is 72.8 Å². The van der Waals surface area contributed by atoms with Gasteiger partial charge < -0.3 is 15.2 Å². The minimum absolute atomic E-state index is 0.366. The molecule has 122 valence electrons. The highest BCUT2D eigenvalue weighted by Gasteiger charge is 2.13. The Labute approximate surface area is 144 Å². The number of benzene rings is 2. The van der Waals surface area contributed by atoms with E-state index in [2.05, 4.69) is 48.6 Å². The molecule has 0 unspecified atom stereocenters. The largest absolute Gasteiger partial charge is 0.422 e. The van der Waals surface area contributed by atoms with E-state index in [4.69, 9.17) is 0 Å². The Morgan fingerprint density at radius 1 is 0.708 bits per heavy atom. The van der Waals surface area contributed by atoms with Gasteiger partial charge in [0.05, 0.1) is 0 Å². The second-order valence-electron chi connectivity index (χ2n) is 5.82. The molecule has 1 heterocycles. The van der Waals surface area contributed by atoms with E-state index >= 15 is 0 Å². The van der Waals surface area contributed by atoms with Crippen molar-refractivity contribution in [3.8, 4) is 0 Å². The first-order valence-corrected chi connectivity index (χ1v) is 8.32. The third-order valence-corrected chi connectivity index (χ3v) is 4.08. The Hall–Kier alpha value is -2.81. The Kier molecular flexibility index (Phi) is 5.46. The van der Waals surface area contributed by atoms with Crippen molar-refractivity contribution in [3.05, 3.63) is 89.4 Å². The molecule has 1 fully saturated rings. The molecule has 1 aliphatic heterocycles. The predicted octanol–water partition coefficient (Wildman–Crippen LogP) is 3.96. The Morgan fingerprint density at radius 3 is 1.54 bits per heavy atom. The van der Waals surface area contributed by atoms with E-state index in [-0.39, 0.29) is 0 Å². The number of nitrogens with zero attached hydrogens (tertiary/aromatic N) is 3. The third-order valence-electron chi connectivity index (χ3n) is 4.08. The Morgan fingerprint density at radius 2 is 1.12 bits per heavy atom. The van der Waals surface area contributed by atoms with Gasteiger partial charge in [-0.2, -0.15) is 0 Å². The summed E-state index contributed by atoms with van der Waals surface area (Å²) in [6.07, 6.45) is 8.36. The summed E-state index contributed by atoms with van der Waals surface area (Å²) in [5.74, 6) is 0.366. The van der Waals surface area contributed by atoms with Crippen molar-refractivity contribution >= 4 is 18.1 Å². The van der Waals surface area contributed by atoms with Gasteiger partial charge >= 0.3 is 0 Å². The fourth-order valence-electron chi connectivity index (χ4n) is 2.75. The lowest BCUT2D eigenvalue weighted by atomic mass is 10.2. The van der Waals surface area contributed by atoms with Crippen molar-refractivity contribution in [2.24, 2.45) is 0 Å². The minimum Gasteiger partial charge on any atom is -0.422 e. The van der Waals surface area contributed by atoms with Crippen molar-refractivity contribution in [3.63, 3.8) is 0 Å². The van der Waals surface area contributed by atoms with Crippen LogP contribution in [0.2, 0.25) is 0 Å². The molecule has 0 bridgehead atoms. The molecule has 0 N–H and O–H groups in total. The van der Waals surface area contributed by atoms with Gasteiger partial charge in [-0.1, -0.05) is 85.0 Å². The van der Waals surface area contributed by atoms with E-state index < -0.39 is 0 Å². The maximum absolute atomic E-state index is 10.3. The van der Waals surface area contributed by atoms with E-state index in [1.807, 2.05) is 46.2 Å². The number of hydrogen-bond donors (Lipinski definition) is 0. The summed E-state index contributed by atoms with van der Waals surface area (Å²) in [5.41, 5.74) is 2.36. The van der Waals surface area contributed by atoms with Crippen LogP contribution < -0.4 is 0 Å². The van der Waals surface area contributed by atoms with Gasteiger partial charge in [-0.25, -0.2) is 0 Å². The average molecular weight is 316 g/mol. The summed E-state index contributed by atoms with van der Waals surface area (Å²) in [7, 11) is 0. The van der Waals surface area contributed by atoms with Crippen LogP contribution in [-0.4, -0.2) is 41.9 Å². The Bertz CT molecular complexity index is 643. The first-order valence-electron chi connectivity index (χ1n) is 8.32. The lowest BCUT2D eigenvalue weighted by Gasteiger charge is -2.28. The highest BCUT2D eigenvalue weighted by Crippen LogP contribution is 2.10. The van der Waals surface area contributed by atoms with E-state index in [1.165, 1.54) is 11.1 Å². The lowest BCUT2D eigenvalue weighted by molar-refractivity contribution is 0.509. The van der Waals surface area contributed by atoms with Crippen molar-refractivity contribution in [2.75, 3.05) is 26.2 Å². The molecule has 0 saturated carbocycles. The number of guanidine groups is 1. The summed E-state index contributed by atoms with van der Waals surface area (Å²) in [4.78, 5) is 3.99. The third kappa shape index (κ3) is 4.35. The van der Waals surface area contributed by atoms with E-state index in [9.17, 15) is 5.41 Å². The molecular formula is C21H22N3-. The van der Waals surface area contributed by atoms with Gasteiger partial charge in [0.2, 0.25) is 0 Å². The molecule has 3 rings (SSSR count). The molecule has 0 amide bonds. The molecule has 3 heteroatoms. The first kappa shape index (κ1) is 16.1. The first-order chi connectivity index (χ1) is 11.8. The molecule has 0 atom stereocenters. The van der Waals surface area contributed by atoms with Gasteiger partial charge in [-0.3, -0.25) is 0 Å². The van der Waals surface area contributed by atoms with Gasteiger partial charge in [0, 0.05) is 5.96 Å². The standard InChI is InChI=1S/C21H22N3/c22-21-23(15-7-13-19-9-3-1-4-10-19)17-18-24(21)16-8-14-20-11-5-2-6-12-20/h1-14H,15-18H2/q-1/b13-7+,14-8+. The summed E-state index contributed by atoms with van der Waals surface area (Å²) in [5, 5.41) is 10.3. The van der Waals surface area contributed by atoms with Crippen LogP contribution in [0.25, 0.3) is 17.6 Å². The lowest BCUT2D eigenvalue weighted by Crippen LogP contribution is -2.32. The molecule has 0 radical (unpaired) electrons. The zero-order valence-electron chi connectivity index (χ0n) is 13.8. The maximum Gasteiger partial charge on any atom is 0.0113 e. The fourth-order valence-corrected chi connectivity index (χ4v) is 2.75. The topological polar surface area (TPSA) is 28.8 Å². The van der Waals surface area contributed by atoms with Crippen molar-refractivity contribution in [2.45, 2.75) is 0 Å². The molecule has 1 saturated heterocycles. The smallest absolute Gasteiger partial charge is 0.0113 e. The molecule has 0 aromatic heterocycles. The zero-order valence-corrected chi connectivity index (χ0v) is 13.8. The molecule has 1 aliphatic rings. The van der Waals surface area contributed by atoms with Gasteiger partial charge in [-0.15, -0.1) is 0 Å². The average Bonchev–Trinajstić information content (AvgIpc) is 2.97.